The highest BCUT2D eigenvalue weighted by Crippen LogP contribution is 2.29. The summed E-state index contributed by atoms with van der Waals surface area (Å²) < 4.78 is 7.71. The van der Waals surface area contributed by atoms with Crippen LogP contribution in [0.15, 0.2) is 27.5 Å². The molecule has 1 heterocycles. The van der Waals surface area contributed by atoms with Gasteiger partial charge in [-0.3, -0.25) is 4.79 Å². The Balaban J connectivity index is 2.96. The number of benzene rings is 1. The molecule has 1 aromatic heterocycles. The zero-order valence-corrected chi connectivity index (χ0v) is 12.5. The Morgan fingerprint density at radius 3 is 2.69 bits per heavy atom. The van der Waals surface area contributed by atoms with Gasteiger partial charge in [-0.05, 0) is 35.0 Å². The molecular formula is C11H9BrINO2. The molecule has 0 bridgehead atoms. The van der Waals surface area contributed by atoms with E-state index in [4.69, 9.17) is 3.07 Å². The Morgan fingerprint density at radius 2 is 2.06 bits per heavy atom. The number of fused-ring (bicyclic) bond motifs is 1. The van der Waals surface area contributed by atoms with Crippen LogP contribution in [0, 0.1) is 6.92 Å². The molecule has 0 saturated heterocycles. The normalized spacial score (nSPS) is 10.8. The maximum Gasteiger partial charge on any atom is 0.253 e. The van der Waals surface area contributed by atoms with E-state index in [0.717, 1.165) is 26.7 Å². The maximum absolute atomic E-state index is 11.8. The van der Waals surface area contributed by atoms with Gasteiger partial charge in [0.25, 0.3) is 5.56 Å². The standard InChI is InChI=1S/C11H9BrINO2/c1-6-3-8-9(12)4-7(16-13)5-10(8)14(2)11(6)15/h3-5H,1-2H3. The third kappa shape index (κ3) is 1.86. The molecule has 0 saturated carbocycles. The van der Waals surface area contributed by atoms with Gasteiger partial charge in [0.05, 0.1) is 5.52 Å². The number of hydrogen-bond donors (Lipinski definition) is 0. The van der Waals surface area contributed by atoms with Crippen LogP contribution in [0.3, 0.4) is 0 Å². The zero-order valence-electron chi connectivity index (χ0n) is 8.75. The van der Waals surface area contributed by atoms with E-state index in [1.54, 1.807) is 11.6 Å². The van der Waals surface area contributed by atoms with Crippen molar-refractivity contribution in [2.75, 3.05) is 0 Å². The van der Waals surface area contributed by atoms with E-state index >= 15 is 0 Å². The summed E-state index contributed by atoms with van der Waals surface area (Å²) in [6.07, 6.45) is 0. The van der Waals surface area contributed by atoms with E-state index in [1.165, 1.54) is 0 Å². The molecule has 0 aliphatic carbocycles. The number of aromatic nitrogens is 1. The van der Waals surface area contributed by atoms with Gasteiger partial charge < -0.3 is 7.63 Å². The molecule has 2 aromatic rings. The van der Waals surface area contributed by atoms with Crippen molar-refractivity contribution >= 4 is 49.8 Å². The predicted molar refractivity (Wildman–Crippen MR) is 76.3 cm³/mol. The van der Waals surface area contributed by atoms with Crippen molar-refractivity contribution in [1.82, 2.24) is 4.57 Å². The van der Waals surface area contributed by atoms with Crippen LogP contribution in [0.2, 0.25) is 0 Å². The first kappa shape index (κ1) is 11.9. The molecule has 84 valence electrons. The summed E-state index contributed by atoms with van der Waals surface area (Å²) in [5.74, 6) is 0.721. The number of aryl methyl sites for hydroxylation is 2. The first-order valence-corrected chi connectivity index (χ1v) is 6.30. The van der Waals surface area contributed by atoms with Crippen LogP contribution >= 0.6 is 38.9 Å². The fourth-order valence-electron chi connectivity index (χ4n) is 1.70. The highest BCUT2D eigenvalue weighted by Gasteiger charge is 2.08. The molecule has 3 nitrogen and oxygen atoms in total. The number of hydrogen-bond acceptors (Lipinski definition) is 2. The Kier molecular flexibility index (Phi) is 3.25. The molecule has 0 N–H and O–H groups in total. The van der Waals surface area contributed by atoms with E-state index in [2.05, 4.69) is 15.9 Å². The van der Waals surface area contributed by atoms with Gasteiger partial charge in [-0.25, -0.2) is 0 Å². The van der Waals surface area contributed by atoms with Gasteiger partial charge in [0, 0.05) is 28.5 Å². The SMILES string of the molecule is Cc1cc2c(Br)cc(OI)cc2n(C)c1=O. The molecule has 0 unspecified atom stereocenters. The highest BCUT2D eigenvalue weighted by molar-refractivity contribution is 14.1. The summed E-state index contributed by atoms with van der Waals surface area (Å²) in [4.78, 5) is 11.8. The minimum absolute atomic E-state index is 0.0185. The van der Waals surface area contributed by atoms with Gasteiger partial charge in [-0.1, -0.05) is 0 Å². The molecule has 0 aliphatic rings. The summed E-state index contributed by atoms with van der Waals surface area (Å²) in [6.45, 7) is 1.82. The van der Waals surface area contributed by atoms with Crippen LogP contribution in [-0.2, 0) is 7.05 Å². The highest BCUT2D eigenvalue weighted by atomic mass is 127. The fourth-order valence-corrected chi connectivity index (χ4v) is 2.49. The lowest BCUT2D eigenvalue weighted by atomic mass is 10.1. The molecule has 5 heteroatoms. The first-order valence-electron chi connectivity index (χ1n) is 4.63. The zero-order chi connectivity index (χ0) is 11.9. The lowest BCUT2D eigenvalue weighted by molar-refractivity contribution is 0.716. The minimum Gasteiger partial charge on any atom is -0.428 e. The summed E-state index contributed by atoms with van der Waals surface area (Å²) in [7, 11) is 1.76. The predicted octanol–water partition coefficient (Wildman–Crippen LogP) is 3.34. The number of nitrogens with zero attached hydrogens (tertiary/aromatic N) is 1. The lowest BCUT2D eigenvalue weighted by Crippen LogP contribution is -2.19. The second-order valence-electron chi connectivity index (χ2n) is 3.61. The molecular weight excluding hydrogens is 385 g/mol. The van der Waals surface area contributed by atoms with Crippen molar-refractivity contribution in [3.05, 3.63) is 38.6 Å². The molecule has 0 aliphatic heterocycles. The van der Waals surface area contributed by atoms with E-state index in [9.17, 15) is 4.79 Å². The van der Waals surface area contributed by atoms with Crippen molar-refractivity contribution in [2.24, 2.45) is 7.05 Å². The van der Waals surface area contributed by atoms with Gasteiger partial charge >= 0.3 is 0 Å². The topological polar surface area (TPSA) is 31.2 Å². The van der Waals surface area contributed by atoms with Crippen LogP contribution in [0.1, 0.15) is 5.56 Å². The molecule has 0 radical (unpaired) electrons. The van der Waals surface area contributed by atoms with Crippen LogP contribution in [0.25, 0.3) is 10.9 Å². The number of rotatable bonds is 1. The largest absolute Gasteiger partial charge is 0.428 e. The van der Waals surface area contributed by atoms with Crippen molar-refractivity contribution in [3.63, 3.8) is 0 Å². The molecule has 0 amide bonds. The molecule has 16 heavy (non-hydrogen) atoms. The molecule has 0 atom stereocenters. The Hall–Kier alpha value is -0.560. The Labute approximate surface area is 115 Å². The van der Waals surface area contributed by atoms with E-state index in [0.29, 0.717) is 0 Å². The molecule has 0 fully saturated rings. The Bertz CT molecular complexity index is 621. The quantitative estimate of drug-likeness (QED) is 0.696. The minimum atomic E-state index is 0.0185. The third-order valence-electron chi connectivity index (χ3n) is 2.53. The average Bonchev–Trinajstić information content (AvgIpc) is 2.27. The average molecular weight is 394 g/mol. The molecule has 2 rings (SSSR count). The van der Waals surface area contributed by atoms with Crippen molar-refractivity contribution in [2.45, 2.75) is 6.92 Å². The molecule has 1 aromatic carbocycles. The summed E-state index contributed by atoms with van der Waals surface area (Å²) >= 11 is 5.30. The van der Waals surface area contributed by atoms with Gasteiger partial charge in [-0.2, -0.15) is 0 Å². The van der Waals surface area contributed by atoms with Gasteiger partial charge in [0.1, 0.15) is 5.75 Å². The number of halogens is 2. The van der Waals surface area contributed by atoms with Crippen LogP contribution < -0.4 is 8.63 Å². The van der Waals surface area contributed by atoms with Crippen LogP contribution in [-0.4, -0.2) is 4.57 Å². The van der Waals surface area contributed by atoms with Gasteiger partial charge in [-0.15, -0.1) is 0 Å². The lowest BCUT2D eigenvalue weighted by Gasteiger charge is -2.09. The van der Waals surface area contributed by atoms with Gasteiger partial charge in [0.15, 0.2) is 23.0 Å². The monoisotopic (exact) mass is 393 g/mol. The third-order valence-corrected chi connectivity index (χ3v) is 3.70. The van der Waals surface area contributed by atoms with Crippen LogP contribution in [0.4, 0.5) is 0 Å². The molecule has 0 spiro atoms. The number of pyridine rings is 1. The van der Waals surface area contributed by atoms with Crippen molar-refractivity contribution < 1.29 is 3.07 Å². The second-order valence-corrected chi connectivity index (χ2v) is 4.90. The summed E-state index contributed by atoms with van der Waals surface area (Å²) in [5, 5.41) is 1.01. The first-order chi connectivity index (χ1) is 7.54. The summed E-state index contributed by atoms with van der Waals surface area (Å²) in [6, 6.07) is 5.63. The Morgan fingerprint density at radius 1 is 1.38 bits per heavy atom. The van der Waals surface area contributed by atoms with Crippen molar-refractivity contribution in [1.29, 1.82) is 0 Å². The maximum atomic E-state index is 11.8. The fraction of sp³-hybridized carbons (Fsp3) is 0.182. The van der Waals surface area contributed by atoms with E-state index < -0.39 is 0 Å². The van der Waals surface area contributed by atoms with E-state index in [1.807, 2.05) is 48.1 Å². The van der Waals surface area contributed by atoms with Crippen molar-refractivity contribution in [3.8, 4) is 5.75 Å². The smallest absolute Gasteiger partial charge is 0.253 e. The summed E-state index contributed by atoms with van der Waals surface area (Å²) in [5.41, 5.74) is 1.61. The second kappa shape index (κ2) is 4.37. The van der Waals surface area contributed by atoms with Crippen LogP contribution in [0.5, 0.6) is 5.75 Å². The van der Waals surface area contributed by atoms with Gasteiger partial charge in [0.2, 0.25) is 0 Å². The van der Waals surface area contributed by atoms with E-state index in [-0.39, 0.29) is 5.56 Å².